The van der Waals surface area contributed by atoms with Crippen LogP contribution in [0.2, 0.25) is 18.1 Å². The maximum atomic E-state index is 12.8. The van der Waals surface area contributed by atoms with Crippen molar-refractivity contribution >= 4 is 20.3 Å². The van der Waals surface area contributed by atoms with Crippen molar-refractivity contribution in [1.29, 1.82) is 0 Å². The van der Waals surface area contributed by atoms with Crippen LogP contribution >= 0.6 is 0 Å². The van der Waals surface area contributed by atoms with Crippen molar-refractivity contribution in [3.8, 4) is 0 Å². The van der Waals surface area contributed by atoms with E-state index < -0.39 is 20.5 Å². The fourth-order valence-electron chi connectivity index (χ4n) is 4.28. The van der Waals surface area contributed by atoms with E-state index in [1.165, 1.54) is 24.2 Å². The molecule has 2 aliphatic rings. The Bertz CT molecular complexity index is 464. The number of likely N-dealkylation sites (tertiary alicyclic amines) is 1. The number of carbonyl (C=O) groups excluding carboxylic acids is 2. The van der Waals surface area contributed by atoms with Crippen LogP contribution in [0.4, 0.5) is 4.79 Å². The quantitative estimate of drug-likeness (QED) is 0.481. The standard InChI is InChI=1S/C19H35NO4Si/c1-6-25(7-2,8-3)24-17-16(15-12-10-9-11-13-15)20(18(17)21)19(22)23-14(4)5/h14-17H,6-13H2,1-5H3/t16-,17+/m0/s1. The van der Waals surface area contributed by atoms with E-state index in [0.29, 0.717) is 5.92 Å². The molecule has 1 heterocycles. The normalized spacial score (nSPS) is 25.2. The second-order valence-corrected chi connectivity index (χ2v) is 12.5. The van der Waals surface area contributed by atoms with Crippen LogP contribution in [0.3, 0.4) is 0 Å². The summed E-state index contributed by atoms with van der Waals surface area (Å²) in [7, 11) is -1.89. The van der Waals surface area contributed by atoms with Gasteiger partial charge in [-0.15, -0.1) is 0 Å². The first kappa shape index (κ1) is 20.4. The third-order valence-electron chi connectivity index (χ3n) is 6.07. The summed E-state index contributed by atoms with van der Waals surface area (Å²) in [6.07, 6.45) is 4.59. The molecule has 2 atom stereocenters. The first-order valence-corrected chi connectivity index (χ1v) is 12.6. The van der Waals surface area contributed by atoms with Crippen LogP contribution in [0, 0.1) is 5.92 Å². The van der Waals surface area contributed by atoms with E-state index in [0.717, 1.165) is 31.0 Å². The van der Waals surface area contributed by atoms with Gasteiger partial charge in [0.1, 0.15) is 6.10 Å². The van der Waals surface area contributed by atoms with Crippen molar-refractivity contribution in [3.05, 3.63) is 0 Å². The highest BCUT2D eigenvalue weighted by Gasteiger charge is 2.57. The fraction of sp³-hybridized carbons (Fsp3) is 0.895. The first-order chi connectivity index (χ1) is 11.9. The first-order valence-electron chi connectivity index (χ1n) is 10.1. The van der Waals surface area contributed by atoms with E-state index in [4.69, 9.17) is 9.16 Å². The molecule has 0 N–H and O–H groups in total. The van der Waals surface area contributed by atoms with Crippen LogP contribution in [-0.4, -0.2) is 43.5 Å². The molecule has 1 saturated carbocycles. The Kier molecular flexibility index (Phi) is 7.08. The van der Waals surface area contributed by atoms with Gasteiger partial charge in [0.15, 0.2) is 8.32 Å². The third-order valence-corrected chi connectivity index (χ3v) is 10.7. The maximum absolute atomic E-state index is 12.8. The summed E-state index contributed by atoms with van der Waals surface area (Å²) in [6.45, 7) is 10.1. The van der Waals surface area contributed by atoms with Crippen LogP contribution in [0.5, 0.6) is 0 Å². The Morgan fingerprint density at radius 1 is 1.12 bits per heavy atom. The lowest BCUT2D eigenvalue weighted by molar-refractivity contribution is -0.166. The lowest BCUT2D eigenvalue weighted by atomic mass is 9.77. The molecule has 0 spiro atoms. The highest BCUT2D eigenvalue weighted by atomic mass is 28.4. The van der Waals surface area contributed by atoms with E-state index in [9.17, 15) is 9.59 Å². The van der Waals surface area contributed by atoms with E-state index in [-0.39, 0.29) is 18.1 Å². The minimum Gasteiger partial charge on any atom is -0.446 e. The topological polar surface area (TPSA) is 55.8 Å². The Hall–Kier alpha value is -0.883. The predicted molar refractivity (Wildman–Crippen MR) is 101 cm³/mol. The Morgan fingerprint density at radius 2 is 1.68 bits per heavy atom. The summed E-state index contributed by atoms with van der Waals surface area (Å²) in [5, 5.41) is 0. The molecule has 0 aromatic rings. The SMILES string of the molecule is CC[Si](CC)(CC)O[C@H]1C(=O)N(C(=O)OC(C)C)[C@H]1C1CCCCC1. The summed E-state index contributed by atoms with van der Waals surface area (Å²) in [4.78, 5) is 26.6. The number of β-lactam (4-membered cyclic amide) rings is 1. The molecule has 144 valence electrons. The number of hydrogen-bond acceptors (Lipinski definition) is 4. The second-order valence-electron chi connectivity index (χ2n) is 7.81. The molecule has 2 amide bonds. The fourth-order valence-corrected chi connectivity index (χ4v) is 7.06. The predicted octanol–water partition coefficient (Wildman–Crippen LogP) is 4.71. The molecule has 1 saturated heterocycles. The number of rotatable bonds is 7. The molecule has 1 aliphatic heterocycles. The van der Waals surface area contributed by atoms with Gasteiger partial charge in [-0.3, -0.25) is 4.79 Å². The van der Waals surface area contributed by atoms with Gasteiger partial charge < -0.3 is 9.16 Å². The van der Waals surface area contributed by atoms with E-state index in [2.05, 4.69) is 20.8 Å². The van der Waals surface area contributed by atoms with Gasteiger partial charge in [-0.05, 0) is 50.7 Å². The summed E-state index contributed by atoms with van der Waals surface area (Å²) < 4.78 is 11.8. The van der Waals surface area contributed by atoms with Gasteiger partial charge in [0.05, 0.1) is 12.1 Å². The zero-order valence-electron chi connectivity index (χ0n) is 16.5. The van der Waals surface area contributed by atoms with E-state index >= 15 is 0 Å². The molecule has 5 nitrogen and oxygen atoms in total. The zero-order chi connectivity index (χ0) is 18.6. The molecular formula is C19H35NO4Si. The largest absolute Gasteiger partial charge is 0.446 e. The molecule has 2 fully saturated rings. The summed E-state index contributed by atoms with van der Waals surface area (Å²) in [5.74, 6) is 0.168. The van der Waals surface area contributed by atoms with Crippen LogP contribution in [0.15, 0.2) is 0 Å². The number of amides is 2. The molecule has 25 heavy (non-hydrogen) atoms. The lowest BCUT2D eigenvalue weighted by Crippen LogP contribution is -2.72. The highest BCUT2D eigenvalue weighted by molar-refractivity contribution is 6.73. The van der Waals surface area contributed by atoms with Gasteiger partial charge in [-0.2, -0.15) is 0 Å². The second kappa shape index (κ2) is 8.67. The number of hydrogen-bond donors (Lipinski definition) is 0. The minimum atomic E-state index is -1.89. The molecule has 2 rings (SSSR count). The van der Waals surface area contributed by atoms with Crippen molar-refractivity contribution in [2.24, 2.45) is 5.92 Å². The summed E-state index contributed by atoms with van der Waals surface area (Å²) in [5.41, 5.74) is 0. The van der Waals surface area contributed by atoms with Gasteiger partial charge in [0.2, 0.25) is 0 Å². The molecule has 1 aliphatic carbocycles. The maximum Gasteiger partial charge on any atom is 0.417 e. The summed E-state index contributed by atoms with van der Waals surface area (Å²) >= 11 is 0. The van der Waals surface area contributed by atoms with Gasteiger partial charge in [-0.1, -0.05) is 40.0 Å². The van der Waals surface area contributed by atoms with Crippen molar-refractivity contribution in [2.45, 2.75) is 103 Å². The van der Waals surface area contributed by atoms with Crippen molar-refractivity contribution in [2.75, 3.05) is 0 Å². The third kappa shape index (κ3) is 4.27. The minimum absolute atomic E-state index is 0.129. The Morgan fingerprint density at radius 3 is 2.16 bits per heavy atom. The molecule has 0 bridgehead atoms. The molecule has 0 aromatic heterocycles. The van der Waals surface area contributed by atoms with Gasteiger partial charge in [0, 0.05) is 0 Å². The molecule has 0 unspecified atom stereocenters. The van der Waals surface area contributed by atoms with Crippen molar-refractivity contribution in [3.63, 3.8) is 0 Å². The number of ether oxygens (including phenoxy) is 1. The van der Waals surface area contributed by atoms with Crippen molar-refractivity contribution < 1.29 is 18.8 Å². The monoisotopic (exact) mass is 369 g/mol. The average Bonchev–Trinajstić information content (AvgIpc) is 2.61. The Balaban J connectivity index is 2.19. The van der Waals surface area contributed by atoms with Crippen LogP contribution in [0.25, 0.3) is 0 Å². The van der Waals surface area contributed by atoms with E-state index in [1.807, 2.05) is 13.8 Å². The number of nitrogens with zero attached hydrogens (tertiary/aromatic N) is 1. The summed E-state index contributed by atoms with van der Waals surface area (Å²) in [6, 6.07) is 2.91. The smallest absolute Gasteiger partial charge is 0.417 e. The number of carbonyl (C=O) groups is 2. The van der Waals surface area contributed by atoms with Gasteiger partial charge >= 0.3 is 6.09 Å². The highest BCUT2D eigenvalue weighted by Crippen LogP contribution is 2.40. The molecule has 6 heteroatoms. The molecular weight excluding hydrogens is 334 g/mol. The van der Waals surface area contributed by atoms with Gasteiger partial charge in [-0.25, -0.2) is 9.69 Å². The van der Waals surface area contributed by atoms with Crippen LogP contribution in [-0.2, 0) is 14.0 Å². The van der Waals surface area contributed by atoms with Crippen molar-refractivity contribution in [1.82, 2.24) is 4.90 Å². The zero-order valence-corrected chi connectivity index (χ0v) is 17.5. The molecule has 0 radical (unpaired) electrons. The van der Waals surface area contributed by atoms with Crippen LogP contribution < -0.4 is 0 Å². The molecule has 0 aromatic carbocycles. The lowest BCUT2D eigenvalue weighted by Gasteiger charge is -2.51. The van der Waals surface area contributed by atoms with Gasteiger partial charge in [0.25, 0.3) is 5.91 Å². The average molecular weight is 370 g/mol. The number of imide groups is 1. The Labute approximate surface area is 153 Å². The van der Waals surface area contributed by atoms with Crippen LogP contribution in [0.1, 0.15) is 66.7 Å². The van der Waals surface area contributed by atoms with E-state index in [1.54, 1.807) is 0 Å².